The standard InChI is InChI=1S/C29H31N5O11/c1-30-24-23(25(35)31(2)29(30)39)44-27(37)28(38)45-33(24)16-15-32(14-4-5-19-6-10-21(11-7-19)34(40)41)17-18-43-26(36)20-8-12-22(42-3)13-9-20/h6-13H,4-5,14-18H2,1-3H3. The van der Waals surface area contributed by atoms with E-state index in [1.807, 2.05) is 4.90 Å². The summed E-state index contributed by atoms with van der Waals surface area (Å²) in [7, 11) is 4.05. The first kappa shape index (κ1) is 32.4. The van der Waals surface area contributed by atoms with E-state index in [-0.39, 0.29) is 37.7 Å². The molecule has 0 bridgehead atoms. The first-order chi connectivity index (χ1) is 21.5. The normalized spacial score (nSPS) is 12.7. The van der Waals surface area contributed by atoms with Crippen molar-refractivity contribution in [2.45, 2.75) is 12.8 Å². The van der Waals surface area contributed by atoms with Gasteiger partial charge in [-0.05, 0) is 49.2 Å². The second kappa shape index (κ2) is 14.3. The van der Waals surface area contributed by atoms with Crippen LogP contribution in [0.3, 0.4) is 0 Å². The SMILES string of the molecule is COc1ccc(C(=O)OCCN(CCCc2ccc([N+](=O)[O-])cc2)CCN2OC(=O)C(=O)Oc3c2n(C)c(=O)n(C)c3=O)cc1. The molecule has 2 aromatic carbocycles. The van der Waals surface area contributed by atoms with E-state index in [1.54, 1.807) is 36.4 Å². The van der Waals surface area contributed by atoms with Crippen LogP contribution >= 0.6 is 0 Å². The molecule has 1 aromatic heterocycles. The van der Waals surface area contributed by atoms with Crippen LogP contribution in [-0.4, -0.2) is 76.8 Å². The molecule has 0 fully saturated rings. The van der Waals surface area contributed by atoms with Crippen molar-refractivity contribution in [3.05, 3.63) is 90.6 Å². The predicted molar refractivity (Wildman–Crippen MR) is 157 cm³/mol. The number of aryl methyl sites for hydroxylation is 1. The highest BCUT2D eigenvalue weighted by molar-refractivity contribution is 6.31. The van der Waals surface area contributed by atoms with Crippen molar-refractivity contribution >= 4 is 29.4 Å². The fourth-order valence-corrected chi connectivity index (χ4v) is 4.58. The van der Waals surface area contributed by atoms with Gasteiger partial charge < -0.3 is 19.0 Å². The van der Waals surface area contributed by atoms with Crippen LogP contribution in [0.15, 0.2) is 58.1 Å². The van der Waals surface area contributed by atoms with Crippen LogP contribution in [-0.2, 0) is 39.7 Å². The van der Waals surface area contributed by atoms with Crippen LogP contribution in [0.5, 0.6) is 11.5 Å². The number of ether oxygens (including phenoxy) is 3. The number of anilines is 1. The number of benzene rings is 2. The van der Waals surface area contributed by atoms with E-state index in [0.29, 0.717) is 30.7 Å². The minimum atomic E-state index is -1.42. The number of methoxy groups -OCH3 is 1. The summed E-state index contributed by atoms with van der Waals surface area (Å²) in [6.45, 7) is 0.780. The zero-order valence-electron chi connectivity index (χ0n) is 24.8. The van der Waals surface area contributed by atoms with Crippen LogP contribution in [0, 0.1) is 10.1 Å². The van der Waals surface area contributed by atoms with Crippen molar-refractivity contribution in [3.63, 3.8) is 0 Å². The quantitative estimate of drug-likeness (QED) is 0.114. The van der Waals surface area contributed by atoms with Gasteiger partial charge in [-0.2, -0.15) is 5.06 Å². The molecule has 0 atom stereocenters. The second-order valence-corrected chi connectivity index (χ2v) is 9.96. The van der Waals surface area contributed by atoms with Gasteiger partial charge in [-0.25, -0.2) is 19.2 Å². The zero-order valence-corrected chi connectivity index (χ0v) is 24.8. The van der Waals surface area contributed by atoms with E-state index >= 15 is 0 Å². The topological polar surface area (TPSA) is 182 Å². The van der Waals surface area contributed by atoms with Crippen molar-refractivity contribution < 1.29 is 38.4 Å². The molecular formula is C29H31N5O11. The average molecular weight is 626 g/mol. The maximum atomic E-state index is 12.7. The summed E-state index contributed by atoms with van der Waals surface area (Å²) in [6, 6.07) is 12.6. The molecule has 45 heavy (non-hydrogen) atoms. The number of rotatable bonds is 13. The van der Waals surface area contributed by atoms with E-state index in [4.69, 9.17) is 19.0 Å². The lowest BCUT2D eigenvalue weighted by atomic mass is 10.1. The fourth-order valence-electron chi connectivity index (χ4n) is 4.58. The van der Waals surface area contributed by atoms with E-state index in [2.05, 4.69) is 0 Å². The van der Waals surface area contributed by atoms with E-state index in [1.165, 1.54) is 33.3 Å². The van der Waals surface area contributed by atoms with Crippen molar-refractivity contribution in [2.75, 3.05) is 45.0 Å². The van der Waals surface area contributed by atoms with Crippen molar-refractivity contribution in [3.8, 4) is 11.5 Å². The number of hydroxylamine groups is 1. The third kappa shape index (κ3) is 7.72. The van der Waals surface area contributed by atoms with Crippen LogP contribution in [0.25, 0.3) is 0 Å². The Hall–Kier alpha value is -5.51. The lowest BCUT2D eigenvalue weighted by molar-refractivity contribution is -0.384. The van der Waals surface area contributed by atoms with Gasteiger partial charge in [0.1, 0.15) is 12.4 Å². The molecule has 0 N–H and O–H groups in total. The monoisotopic (exact) mass is 625 g/mol. The smallest absolute Gasteiger partial charge is 0.442 e. The number of nitrogens with zero attached hydrogens (tertiary/aromatic N) is 5. The largest absolute Gasteiger partial charge is 0.497 e. The maximum absolute atomic E-state index is 12.7. The summed E-state index contributed by atoms with van der Waals surface area (Å²) in [5.74, 6) is -3.49. The molecule has 238 valence electrons. The molecule has 0 aliphatic carbocycles. The molecular weight excluding hydrogens is 594 g/mol. The minimum absolute atomic E-state index is 0.000600. The van der Waals surface area contributed by atoms with Gasteiger partial charge >= 0.3 is 29.2 Å². The Balaban J connectivity index is 1.48. The first-order valence-electron chi connectivity index (χ1n) is 13.8. The minimum Gasteiger partial charge on any atom is -0.497 e. The molecule has 0 saturated carbocycles. The number of carbonyl (C=O) groups is 3. The van der Waals surface area contributed by atoms with Crippen molar-refractivity contribution in [1.82, 2.24) is 14.0 Å². The highest BCUT2D eigenvalue weighted by Gasteiger charge is 2.35. The Kier molecular flexibility index (Phi) is 10.3. The highest BCUT2D eigenvalue weighted by atomic mass is 16.7. The molecule has 4 rings (SSSR count). The van der Waals surface area contributed by atoms with Crippen molar-refractivity contribution in [1.29, 1.82) is 0 Å². The van der Waals surface area contributed by atoms with Gasteiger partial charge in [0.2, 0.25) is 5.75 Å². The molecule has 16 nitrogen and oxygen atoms in total. The molecule has 0 spiro atoms. The number of fused-ring (bicyclic) bond motifs is 1. The molecule has 3 aromatic rings. The van der Waals surface area contributed by atoms with E-state index in [0.717, 1.165) is 19.8 Å². The van der Waals surface area contributed by atoms with Gasteiger partial charge in [0, 0.05) is 39.3 Å². The molecule has 16 heteroatoms. The number of carbonyl (C=O) groups excluding carboxylic acids is 3. The number of hydrogen-bond donors (Lipinski definition) is 0. The average Bonchev–Trinajstić information content (AvgIpc) is 3.16. The Labute approximate surface area is 256 Å². The third-order valence-electron chi connectivity index (χ3n) is 7.06. The van der Waals surface area contributed by atoms with Gasteiger partial charge in [0.05, 0.1) is 24.1 Å². The number of non-ortho nitro benzene ring substituents is 1. The number of nitro benzene ring substituents is 1. The van der Waals surface area contributed by atoms with Gasteiger partial charge in [-0.3, -0.25) is 28.9 Å². The molecule has 0 saturated heterocycles. The first-order valence-corrected chi connectivity index (χ1v) is 13.8. The van der Waals surface area contributed by atoms with Crippen LogP contribution < -0.4 is 25.8 Å². The third-order valence-corrected chi connectivity index (χ3v) is 7.06. The number of nitro groups is 1. The maximum Gasteiger partial charge on any atom is 0.442 e. The Bertz CT molecular complexity index is 1700. The van der Waals surface area contributed by atoms with Crippen LogP contribution in [0.1, 0.15) is 22.3 Å². The van der Waals surface area contributed by atoms with E-state index in [9.17, 15) is 34.1 Å². The second-order valence-electron chi connectivity index (χ2n) is 9.96. The predicted octanol–water partition coefficient (Wildman–Crippen LogP) is 0.976. The number of hydrogen-bond acceptors (Lipinski definition) is 13. The van der Waals surface area contributed by atoms with Gasteiger partial charge in [-0.15, -0.1) is 0 Å². The van der Waals surface area contributed by atoms with Gasteiger partial charge in [0.15, 0.2) is 5.82 Å². The summed E-state index contributed by atoms with van der Waals surface area (Å²) in [5, 5.41) is 11.9. The lowest BCUT2D eigenvalue weighted by Gasteiger charge is -2.27. The van der Waals surface area contributed by atoms with Gasteiger partial charge in [-0.1, -0.05) is 12.1 Å². The van der Waals surface area contributed by atoms with Crippen LogP contribution in [0.2, 0.25) is 0 Å². The molecule has 1 aliphatic rings. The highest BCUT2D eigenvalue weighted by Crippen LogP contribution is 2.26. The summed E-state index contributed by atoms with van der Waals surface area (Å²) < 4.78 is 17.3. The summed E-state index contributed by atoms with van der Waals surface area (Å²) in [4.78, 5) is 80.0. The summed E-state index contributed by atoms with van der Waals surface area (Å²) >= 11 is 0. The molecule has 2 heterocycles. The molecule has 1 aliphatic heterocycles. The Morgan fingerprint density at radius 2 is 1.62 bits per heavy atom. The Morgan fingerprint density at radius 1 is 0.933 bits per heavy atom. The van der Waals surface area contributed by atoms with Crippen molar-refractivity contribution in [2.24, 2.45) is 14.1 Å². The molecule has 0 amide bonds. The fraction of sp³-hybridized carbons (Fsp3) is 0.345. The Morgan fingerprint density at radius 3 is 2.27 bits per heavy atom. The zero-order chi connectivity index (χ0) is 32.7. The summed E-state index contributed by atoms with van der Waals surface area (Å²) in [5.41, 5.74) is -0.458. The molecule has 0 unspecified atom stereocenters. The summed E-state index contributed by atoms with van der Waals surface area (Å²) in [6.07, 6.45) is 1.18. The number of aromatic nitrogens is 2. The van der Waals surface area contributed by atoms with Gasteiger partial charge in [0.25, 0.3) is 5.69 Å². The van der Waals surface area contributed by atoms with E-state index < -0.39 is 39.8 Å². The number of esters is 2. The lowest BCUT2D eigenvalue weighted by Crippen LogP contribution is -2.43. The molecule has 0 radical (unpaired) electrons. The van der Waals surface area contributed by atoms with Crippen LogP contribution in [0.4, 0.5) is 11.5 Å².